The van der Waals surface area contributed by atoms with E-state index in [2.05, 4.69) is 5.32 Å². The summed E-state index contributed by atoms with van der Waals surface area (Å²) in [5.41, 5.74) is 0.313. The maximum atomic E-state index is 12.2. The van der Waals surface area contributed by atoms with Gasteiger partial charge in [-0.2, -0.15) is 0 Å². The number of aliphatic hydroxyl groups is 3. The Hall–Kier alpha value is -2.72. The third-order valence-corrected chi connectivity index (χ3v) is 4.20. The minimum atomic E-state index is -1.42. The van der Waals surface area contributed by atoms with Gasteiger partial charge in [-0.25, -0.2) is 0 Å². The lowest BCUT2D eigenvalue weighted by Crippen LogP contribution is -2.54. The standard InChI is InChI=1S/C18H19NO8/c20-13-8-26-18(16(24)15(13)23)27-10-4-5-11-9(6-10)2-1-3-12(11)17(25)19-7-14(21)22/h1-6,13,15-16,18,20,23-24H,7-8H2,(H,19,25)(H,21,22)/t13-,15+,16-,18+/m1/s1. The number of nitrogens with one attached hydrogen (secondary N) is 1. The Kier molecular flexibility index (Phi) is 5.57. The highest BCUT2D eigenvalue weighted by atomic mass is 16.7. The van der Waals surface area contributed by atoms with Gasteiger partial charge in [0.1, 0.15) is 30.6 Å². The number of rotatable bonds is 5. The van der Waals surface area contributed by atoms with Gasteiger partial charge in [0.05, 0.1) is 6.61 Å². The molecule has 1 aliphatic heterocycles. The lowest BCUT2D eigenvalue weighted by Gasteiger charge is -2.34. The van der Waals surface area contributed by atoms with Crippen molar-refractivity contribution in [3.63, 3.8) is 0 Å². The SMILES string of the molecule is O=C(O)CNC(=O)c1cccc2cc(O[C@@H]3OC[C@@H](O)[C@H](O)[C@H]3O)ccc12. The molecule has 2 aromatic rings. The summed E-state index contributed by atoms with van der Waals surface area (Å²) < 4.78 is 10.8. The Morgan fingerprint density at radius 1 is 1.15 bits per heavy atom. The number of aliphatic hydroxyl groups excluding tert-OH is 3. The Balaban J connectivity index is 1.80. The largest absolute Gasteiger partial charge is 0.480 e. The van der Waals surface area contributed by atoms with Crippen LogP contribution in [0.1, 0.15) is 10.4 Å². The number of amides is 1. The number of carbonyl (C=O) groups is 2. The molecule has 1 heterocycles. The number of carboxylic acids is 1. The fourth-order valence-corrected chi connectivity index (χ4v) is 2.80. The summed E-state index contributed by atoms with van der Waals surface area (Å²) in [6.07, 6.45) is -5.14. The van der Waals surface area contributed by atoms with Crippen molar-refractivity contribution in [3.05, 3.63) is 42.0 Å². The van der Waals surface area contributed by atoms with E-state index in [0.29, 0.717) is 22.1 Å². The normalized spacial score (nSPS) is 25.1. The number of carbonyl (C=O) groups excluding carboxylic acids is 1. The fraction of sp³-hybridized carbons (Fsp3) is 0.333. The molecule has 1 aliphatic rings. The van der Waals surface area contributed by atoms with Gasteiger partial charge >= 0.3 is 5.97 Å². The van der Waals surface area contributed by atoms with Crippen LogP contribution in [0, 0.1) is 0 Å². The lowest BCUT2D eigenvalue weighted by molar-refractivity contribution is -0.242. The van der Waals surface area contributed by atoms with Crippen LogP contribution in [-0.4, -0.2) is 70.1 Å². The van der Waals surface area contributed by atoms with Crippen molar-refractivity contribution in [3.8, 4) is 5.75 Å². The van der Waals surface area contributed by atoms with Crippen LogP contribution in [0.25, 0.3) is 10.8 Å². The molecule has 9 nitrogen and oxygen atoms in total. The smallest absolute Gasteiger partial charge is 0.322 e. The molecular weight excluding hydrogens is 358 g/mol. The highest BCUT2D eigenvalue weighted by molar-refractivity contribution is 6.07. The molecule has 9 heteroatoms. The predicted octanol–water partition coefficient (Wildman–Crippen LogP) is -0.528. The van der Waals surface area contributed by atoms with E-state index in [1.165, 1.54) is 0 Å². The van der Waals surface area contributed by atoms with Gasteiger partial charge in [0.2, 0.25) is 6.29 Å². The predicted molar refractivity (Wildman–Crippen MR) is 92.3 cm³/mol. The molecule has 27 heavy (non-hydrogen) atoms. The molecule has 144 valence electrons. The number of benzene rings is 2. The summed E-state index contributed by atoms with van der Waals surface area (Å²) >= 11 is 0. The van der Waals surface area contributed by atoms with Gasteiger partial charge in [-0.3, -0.25) is 9.59 Å². The van der Waals surface area contributed by atoms with Crippen molar-refractivity contribution in [1.82, 2.24) is 5.32 Å². The first kappa shape index (κ1) is 19.1. The van der Waals surface area contributed by atoms with E-state index >= 15 is 0 Å². The second kappa shape index (κ2) is 7.89. The minimum Gasteiger partial charge on any atom is -0.480 e. The van der Waals surface area contributed by atoms with Crippen molar-refractivity contribution in [2.45, 2.75) is 24.6 Å². The van der Waals surface area contributed by atoms with Crippen LogP contribution < -0.4 is 10.1 Å². The van der Waals surface area contributed by atoms with Crippen LogP contribution in [0.5, 0.6) is 5.75 Å². The van der Waals surface area contributed by atoms with E-state index in [1.807, 2.05) is 0 Å². The molecule has 1 saturated heterocycles. The second-order valence-electron chi connectivity index (χ2n) is 6.13. The monoisotopic (exact) mass is 377 g/mol. The van der Waals surface area contributed by atoms with Crippen molar-refractivity contribution in [2.24, 2.45) is 0 Å². The van der Waals surface area contributed by atoms with E-state index in [9.17, 15) is 24.9 Å². The van der Waals surface area contributed by atoms with E-state index < -0.39 is 43.0 Å². The molecule has 5 N–H and O–H groups in total. The van der Waals surface area contributed by atoms with Gasteiger partial charge in [0.25, 0.3) is 5.91 Å². The molecule has 0 unspecified atom stereocenters. The molecule has 3 rings (SSSR count). The van der Waals surface area contributed by atoms with Crippen molar-refractivity contribution in [2.75, 3.05) is 13.2 Å². The molecule has 0 radical (unpaired) electrons. The molecule has 1 fully saturated rings. The number of aliphatic carboxylic acids is 1. The third kappa shape index (κ3) is 4.17. The van der Waals surface area contributed by atoms with E-state index in [4.69, 9.17) is 14.6 Å². The summed E-state index contributed by atoms with van der Waals surface area (Å²) in [6, 6.07) is 9.77. The van der Waals surface area contributed by atoms with Crippen LogP contribution in [0.4, 0.5) is 0 Å². The van der Waals surface area contributed by atoms with Crippen molar-refractivity contribution < 1.29 is 39.5 Å². The maximum absolute atomic E-state index is 12.2. The van der Waals surface area contributed by atoms with E-state index in [1.54, 1.807) is 36.4 Å². The van der Waals surface area contributed by atoms with E-state index in [-0.39, 0.29) is 6.61 Å². The van der Waals surface area contributed by atoms with Crippen LogP contribution in [0.3, 0.4) is 0 Å². The fourth-order valence-electron chi connectivity index (χ4n) is 2.80. The van der Waals surface area contributed by atoms with Gasteiger partial charge in [0, 0.05) is 5.56 Å². The Morgan fingerprint density at radius 3 is 2.67 bits per heavy atom. The van der Waals surface area contributed by atoms with Crippen molar-refractivity contribution >= 4 is 22.6 Å². The molecular formula is C18H19NO8. The number of hydrogen-bond donors (Lipinski definition) is 5. The quantitative estimate of drug-likeness (QED) is 0.468. The summed E-state index contributed by atoms with van der Waals surface area (Å²) in [4.78, 5) is 22.8. The maximum Gasteiger partial charge on any atom is 0.322 e. The van der Waals surface area contributed by atoms with Gasteiger partial charge in [-0.1, -0.05) is 12.1 Å². The topological polar surface area (TPSA) is 146 Å². The van der Waals surface area contributed by atoms with Crippen LogP contribution in [-0.2, 0) is 9.53 Å². The zero-order chi connectivity index (χ0) is 19.6. The first-order valence-corrected chi connectivity index (χ1v) is 8.22. The number of carboxylic acid groups (broad SMARTS) is 1. The molecule has 4 atom stereocenters. The van der Waals surface area contributed by atoms with Gasteiger partial charge in [-0.15, -0.1) is 0 Å². The van der Waals surface area contributed by atoms with E-state index in [0.717, 1.165) is 0 Å². The molecule has 0 saturated carbocycles. The molecule has 0 aromatic heterocycles. The van der Waals surface area contributed by atoms with Gasteiger partial charge in [-0.05, 0) is 35.0 Å². The molecule has 0 aliphatic carbocycles. The Labute approximate surface area is 153 Å². The Morgan fingerprint density at radius 2 is 1.93 bits per heavy atom. The van der Waals surface area contributed by atoms with Crippen LogP contribution in [0.15, 0.2) is 36.4 Å². The van der Waals surface area contributed by atoms with Crippen LogP contribution in [0.2, 0.25) is 0 Å². The zero-order valence-electron chi connectivity index (χ0n) is 14.1. The average Bonchev–Trinajstić information content (AvgIpc) is 2.66. The highest BCUT2D eigenvalue weighted by Crippen LogP contribution is 2.26. The first-order valence-electron chi connectivity index (χ1n) is 8.22. The lowest BCUT2D eigenvalue weighted by atomic mass is 10.0. The van der Waals surface area contributed by atoms with Crippen LogP contribution >= 0.6 is 0 Å². The summed E-state index contributed by atoms with van der Waals surface area (Å²) in [5.74, 6) is -1.32. The first-order chi connectivity index (χ1) is 12.9. The summed E-state index contributed by atoms with van der Waals surface area (Å²) in [6.45, 7) is -0.661. The molecule has 0 bridgehead atoms. The van der Waals surface area contributed by atoms with Crippen molar-refractivity contribution in [1.29, 1.82) is 0 Å². The third-order valence-electron chi connectivity index (χ3n) is 4.20. The summed E-state index contributed by atoms with van der Waals surface area (Å²) in [7, 11) is 0. The van der Waals surface area contributed by atoms with Gasteiger partial charge < -0.3 is 35.2 Å². The average molecular weight is 377 g/mol. The number of hydrogen-bond acceptors (Lipinski definition) is 7. The zero-order valence-corrected chi connectivity index (χ0v) is 14.1. The highest BCUT2D eigenvalue weighted by Gasteiger charge is 2.39. The Bertz CT molecular complexity index is 854. The number of fused-ring (bicyclic) bond motifs is 1. The minimum absolute atomic E-state index is 0.176. The number of ether oxygens (including phenoxy) is 2. The second-order valence-corrected chi connectivity index (χ2v) is 6.13. The molecule has 0 spiro atoms. The summed E-state index contributed by atoms with van der Waals surface area (Å²) in [5, 5.41) is 41.3. The molecule has 1 amide bonds. The van der Waals surface area contributed by atoms with Gasteiger partial charge in [0.15, 0.2) is 0 Å². The molecule has 2 aromatic carbocycles.